The molecule has 28 heavy (non-hydrogen) atoms. The van der Waals surface area contributed by atoms with Crippen LogP contribution in [0.4, 0.5) is 5.82 Å². The fourth-order valence-electron chi connectivity index (χ4n) is 3.35. The summed E-state index contributed by atoms with van der Waals surface area (Å²) in [5, 5.41) is 6.87. The molecule has 2 amide bonds. The number of H-pyrrole nitrogens is 1. The van der Waals surface area contributed by atoms with Gasteiger partial charge in [-0.3, -0.25) is 9.59 Å². The fraction of sp³-hybridized carbons (Fsp3) is 0.474. The number of likely N-dealkylation sites (tertiary alicyclic amines) is 1. The van der Waals surface area contributed by atoms with Crippen LogP contribution in [-0.2, 0) is 9.53 Å². The van der Waals surface area contributed by atoms with E-state index in [9.17, 15) is 9.59 Å². The van der Waals surface area contributed by atoms with Gasteiger partial charge in [0.25, 0.3) is 5.91 Å². The number of hydrogen-bond donors (Lipinski definition) is 3. The molecule has 0 spiro atoms. The summed E-state index contributed by atoms with van der Waals surface area (Å²) >= 11 is 0. The van der Waals surface area contributed by atoms with Gasteiger partial charge in [-0.05, 0) is 25.8 Å². The van der Waals surface area contributed by atoms with Crippen LogP contribution >= 0.6 is 0 Å². The number of rotatable bonds is 7. The number of methoxy groups -OCH3 is 1. The Bertz CT molecular complexity index is 862. The highest BCUT2D eigenvalue weighted by atomic mass is 16.5. The topological polar surface area (TPSA) is 112 Å². The first-order chi connectivity index (χ1) is 13.6. The number of carbonyl (C=O) groups excluding carboxylic acids is 2. The Kier molecular flexibility index (Phi) is 6.59. The molecule has 0 radical (unpaired) electrons. The minimum Gasteiger partial charge on any atom is -0.383 e. The second-order valence-corrected chi connectivity index (χ2v) is 6.66. The van der Waals surface area contributed by atoms with Crippen molar-refractivity contribution in [3.05, 3.63) is 30.2 Å². The number of carbonyl (C=O) groups is 2. The molecule has 0 bridgehead atoms. The quantitative estimate of drug-likeness (QED) is 0.489. The average Bonchev–Trinajstić information content (AvgIpc) is 3.14. The van der Waals surface area contributed by atoms with Crippen molar-refractivity contribution in [1.82, 2.24) is 25.2 Å². The summed E-state index contributed by atoms with van der Waals surface area (Å²) in [4.78, 5) is 38.1. The third-order valence-corrected chi connectivity index (χ3v) is 4.69. The number of nitrogens with zero attached hydrogens (tertiary/aromatic N) is 3. The van der Waals surface area contributed by atoms with Crippen molar-refractivity contribution in [1.29, 1.82) is 0 Å². The second kappa shape index (κ2) is 9.32. The van der Waals surface area contributed by atoms with Gasteiger partial charge in [0.2, 0.25) is 5.91 Å². The Morgan fingerprint density at radius 2 is 2.29 bits per heavy atom. The van der Waals surface area contributed by atoms with Crippen molar-refractivity contribution in [2.75, 3.05) is 38.7 Å². The van der Waals surface area contributed by atoms with E-state index >= 15 is 0 Å². The minimum absolute atomic E-state index is 0.0155. The van der Waals surface area contributed by atoms with E-state index in [1.165, 1.54) is 6.33 Å². The first-order valence-corrected chi connectivity index (χ1v) is 9.41. The fourth-order valence-corrected chi connectivity index (χ4v) is 3.35. The Morgan fingerprint density at radius 1 is 1.43 bits per heavy atom. The Morgan fingerprint density at radius 3 is 3.07 bits per heavy atom. The van der Waals surface area contributed by atoms with Gasteiger partial charge in [0.1, 0.15) is 17.8 Å². The highest BCUT2D eigenvalue weighted by molar-refractivity contribution is 6.09. The number of hydrogen-bond acceptors (Lipinski definition) is 6. The molecule has 3 rings (SSSR count). The normalized spacial score (nSPS) is 17.2. The maximum absolute atomic E-state index is 12.5. The van der Waals surface area contributed by atoms with Crippen LogP contribution in [0.25, 0.3) is 11.0 Å². The van der Waals surface area contributed by atoms with Crippen molar-refractivity contribution in [3.63, 3.8) is 0 Å². The molecule has 0 unspecified atom stereocenters. The summed E-state index contributed by atoms with van der Waals surface area (Å²) < 4.78 is 4.97. The van der Waals surface area contributed by atoms with Gasteiger partial charge in [0, 0.05) is 39.0 Å². The molecule has 9 nitrogen and oxygen atoms in total. The van der Waals surface area contributed by atoms with E-state index in [1.54, 1.807) is 25.5 Å². The summed E-state index contributed by atoms with van der Waals surface area (Å²) in [6, 6.07) is 0.0559. The van der Waals surface area contributed by atoms with E-state index in [1.807, 2.05) is 11.8 Å². The minimum atomic E-state index is -0.213. The van der Waals surface area contributed by atoms with Gasteiger partial charge in [-0.25, -0.2) is 9.97 Å². The number of amides is 2. The zero-order chi connectivity index (χ0) is 19.9. The number of allylic oxidation sites excluding steroid dienone is 1. The summed E-state index contributed by atoms with van der Waals surface area (Å²) in [5.74, 6) is 0.393. The van der Waals surface area contributed by atoms with Gasteiger partial charge < -0.3 is 25.3 Å². The molecule has 1 fully saturated rings. The maximum atomic E-state index is 12.5. The maximum Gasteiger partial charge on any atom is 0.253 e. The third-order valence-electron chi connectivity index (χ3n) is 4.69. The molecule has 2 aromatic rings. The first-order valence-electron chi connectivity index (χ1n) is 9.41. The van der Waals surface area contributed by atoms with Gasteiger partial charge >= 0.3 is 0 Å². The van der Waals surface area contributed by atoms with Crippen molar-refractivity contribution in [2.45, 2.75) is 25.8 Å². The summed E-state index contributed by atoms with van der Waals surface area (Å²) in [7, 11) is 1.59. The zero-order valence-electron chi connectivity index (χ0n) is 16.2. The van der Waals surface area contributed by atoms with E-state index in [-0.39, 0.29) is 17.9 Å². The van der Waals surface area contributed by atoms with Crippen molar-refractivity contribution in [2.24, 2.45) is 0 Å². The number of fused-ring (bicyclic) bond motifs is 1. The van der Waals surface area contributed by atoms with Crippen molar-refractivity contribution < 1.29 is 14.3 Å². The van der Waals surface area contributed by atoms with Crippen LogP contribution in [0.2, 0.25) is 0 Å². The van der Waals surface area contributed by atoms with Crippen molar-refractivity contribution >= 4 is 28.7 Å². The van der Waals surface area contributed by atoms with Gasteiger partial charge in [0.15, 0.2) is 0 Å². The predicted molar refractivity (Wildman–Crippen MR) is 106 cm³/mol. The van der Waals surface area contributed by atoms with Crippen LogP contribution in [0.1, 0.15) is 30.1 Å². The number of aromatic nitrogens is 3. The molecule has 1 saturated heterocycles. The van der Waals surface area contributed by atoms with Gasteiger partial charge in [0.05, 0.1) is 17.6 Å². The molecule has 3 heterocycles. The SMILES string of the molecule is C/C=C/C(=O)N1CCC[C@@H](Nc2ncnc3[nH]cc(C(=O)NCCOC)c23)C1. The predicted octanol–water partition coefficient (Wildman–Crippen LogP) is 1.31. The highest BCUT2D eigenvalue weighted by Gasteiger charge is 2.24. The Labute approximate surface area is 163 Å². The number of nitrogens with one attached hydrogen (secondary N) is 3. The van der Waals surface area contributed by atoms with Crippen LogP contribution in [0.15, 0.2) is 24.7 Å². The molecule has 0 aliphatic carbocycles. The lowest BCUT2D eigenvalue weighted by atomic mass is 10.1. The second-order valence-electron chi connectivity index (χ2n) is 6.66. The Hall–Kier alpha value is -2.94. The summed E-state index contributed by atoms with van der Waals surface area (Å²) in [5.41, 5.74) is 1.07. The molecular formula is C19H26N6O3. The molecule has 3 N–H and O–H groups in total. The van der Waals surface area contributed by atoms with Crippen LogP contribution in [0.3, 0.4) is 0 Å². The smallest absolute Gasteiger partial charge is 0.253 e. The number of piperidine rings is 1. The molecule has 0 aromatic carbocycles. The van der Waals surface area contributed by atoms with E-state index < -0.39 is 0 Å². The number of anilines is 1. The molecule has 9 heteroatoms. The zero-order valence-corrected chi connectivity index (χ0v) is 16.2. The van der Waals surface area contributed by atoms with Gasteiger partial charge in [-0.2, -0.15) is 0 Å². The molecule has 150 valence electrons. The van der Waals surface area contributed by atoms with Crippen LogP contribution < -0.4 is 10.6 Å². The first kappa shape index (κ1) is 19.8. The monoisotopic (exact) mass is 386 g/mol. The standard InChI is InChI=1S/C19H26N6O3/c1-3-5-15(26)25-8-4-6-13(11-25)24-18-16-14(19(27)20-7-9-28-2)10-21-17(16)22-12-23-18/h3,5,10,12-13H,4,6-9,11H2,1-2H3,(H,20,27)(H2,21,22,23,24)/b5-3+/t13-/m1/s1. The molecule has 1 aliphatic rings. The lowest BCUT2D eigenvalue weighted by molar-refractivity contribution is -0.127. The van der Waals surface area contributed by atoms with Crippen LogP contribution in [-0.4, -0.2) is 71.1 Å². The van der Waals surface area contributed by atoms with Gasteiger partial charge in [-0.1, -0.05) is 6.08 Å². The molecule has 2 aromatic heterocycles. The molecular weight excluding hydrogens is 360 g/mol. The van der Waals surface area contributed by atoms with Crippen molar-refractivity contribution in [3.8, 4) is 0 Å². The lowest BCUT2D eigenvalue weighted by Crippen LogP contribution is -2.44. The largest absolute Gasteiger partial charge is 0.383 e. The summed E-state index contributed by atoms with van der Waals surface area (Å²) in [6.07, 6.45) is 8.26. The molecule has 1 aliphatic heterocycles. The Balaban J connectivity index is 1.78. The van der Waals surface area contributed by atoms with Crippen LogP contribution in [0.5, 0.6) is 0 Å². The molecule has 1 atom stereocenters. The molecule has 0 saturated carbocycles. The lowest BCUT2D eigenvalue weighted by Gasteiger charge is -2.33. The highest BCUT2D eigenvalue weighted by Crippen LogP contribution is 2.25. The van der Waals surface area contributed by atoms with E-state index in [2.05, 4.69) is 25.6 Å². The van der Waals surface area contributed by atoms with E-state index in [4.69, 9.17) is 4.74 Å². The van der Waals surface area contributed by atoms with Crippen LogP contribution in [0, 0.1) is 0 Å². The van der Waals surface area contributed by atoms with E-state index in [0.717, 1.165) is 19.4 Å². The van der Waals surface area contributed by atoms with E-state index in [0.29, 0.717) is 42.1 Å². The summed E-state index contributed by atoms with van der Waals surface area (Å²) in [6.45, 7) is 4.03. The van der Waals surface area contributed by atoms with Gasteiger partial charge in [-0.15, -0.1) is 0 Å². The third kappa shape index (κ3) is 4.48. The number of ether oxygens (including phenoxy) is 1. The average molecular weight is 386 g/mol. The number of aromatic amines is 1.